The van der Waals surface area contributed by atoms with Crippen LogP contribution in [0.1, 0.15) is 142 Å². The summed E-state index contributed by atoms with van der Waals surface area (Å²) in [6, 6.07) is 0. The maximum atomic E-state index is 12.5. The second kappa shape index (κ2) is 40.9. The second-order valence-corrected chi connectivity index (χ2v) is 14.8. The van der Waals surface area contributed by atoms with E-state index in [1.54, 1.807) is 6.08 Å². The minimum absolute atomic E-state index is 0.0557. The lowest BCUT2D eigenvalue weighted by molar-refractivity contribution is -0.153. The number of hydrogen-bond donors (Lipinski definition) is 3. The molecular formula is C45H76NO8P. The Morgan fingerprint density at radius 3 is 1.91 bits per heavy atom. The molecule has 3 unspecified atom stereocenters. The topological polar surface area (TPSA) is 138 Å². The Kier molecular flexibility index (Phi) is 38.8. The van der Waals surface area contributed by atoms with Crippen molar-refractivity contribution >= 4 is 13.8 Å². The van der Waals surface area contributed by atoms with Gasteiger partial charge < -0.3 is 25.2 Å². The van der Waals surface area contributed by atoms with Crippen molar-refractivity contribution in [3.63, 3.8) is 0 Å². The van der Waals surface area contributed by atoms with E-state index in [4.69, 9.17) is 24.3 Å². The third-order valence-electron chi connectivity index (χ3n) is 8.17. The van der Waals surface area contributed by atoms with Crippen LogP contribution in [0.2, 0.25) is 0 Å². The van der Waals surface area contributed by atoms with E-state index in [0.717, 1.165) is 32.1 Å². The highest BCUT2D eigenvalue weighted by Gasteiger charge is 2.25. The van der Waals surface area contributed by atoms with Gasteiger partial charge in [-0.2, -0.15) is 0 Å². The molecule has 0 aromatic rings. The molecule has 4 N–H and O–H groups in total. The monoisotopic (exact) mass is 790 g/mol. The normalized spacial score (nSPS) is 15.0. The first kappa shape index (κ1) is 52.2. The lowest BCUT2D eigenvalue weighted by Crippen LogP contribution is -2.27. The third-order valence-corrected chi connectivity index (χ3v) is 9.16. The van der Waals surface area contributed by atoms with E-state index in [0.29, 0.717) is 19.3 Å². The molecule has 0 fully saturated rings. The largest absolute Gasteiger partial charge is 0.498 e. The van der Waals surface area contributed by atoms with Crippen LogP contribution < -0.4 is 5.73 Å². The fourth-order valence-electron chi connectivity index (χ4n) is 5.12. The average molecular weight is 790 g/mol. The zero-order chi connectivity index (χ0) is 40.3. The molecule has 0 aliphatic heterocycles. The number of carbonyl (C=O) groups excluding carboxylic acids is 1. The van der Waals surface area contributed by atoms with Crippen LogP contribution in [0, 0.1) is 0 Å². The highest BCUT2D eigenvalue weighted by atomic mass is 31.2. The predicted octanol–water partition coefficient (Wildman–Crippen LogP) is 11.6. The molecule has 0 radical (unpaired) electrons. The first-order valence-corrected chi connectivity index (χ1v) is 22.4. The zero-order valence-electron chi connectivity index (χ0n) is 34.2. The van der Waals surface area contributed by atoms with E-state index in [9.17, 15) is 19.4 Å². The van der Waals surface area contributed by atoms with E-state index in [1.807, 2.05) is 36.5 Å². The van der Waals surface area contributed by atoms with Gasteiger partial charge in [-0.1, -0.05) is 163 Å². The highest BCUT2D eigenvalue weighted by Crippen LogP contribution is 2.43. The number of phosphoric acid groups is 1. The summed E-state index contributed by atoms with van der Waals surface area (Å²) < 4.78 is 32.9. The minimum Gasteiger partial charge on any atom is -0.498 e. The number of unbranched alkanes of at least 4 members (excludes halogenated alkanes) is 11. The summed E-state index contributed by atoms with van der Waals surface area (Å²) in [6.45, 7) is 3.85. The molecule has 0 saturated carbocycles. The van der Waals surface area contributed by atoms with Gasteiger partial charge in [-0.15, -0.1) is 0 Å². The van der Waals surface area contributed by atoms with Crippen molar-refractivity contribution in [2.45, 2.75) is 154 Å². The quantitative estimate of drug-likeness (QED) is 0.0139. The van der Waals surface area contributed by atoms with Crippen molar-refractivity contribution in [1.82, 2.24) is 0 Å². The Morgan fingerprint density at radius 1 is 0.673 bits per heavy atom. The Balaban J connectivity index is 4.41. The van der Waals surface area contributed by atoms with E-state index in [2.05, 4.69) is 62.5 Å². The SMILES string of the molecule is CCC=CCC=CCC=CCC=CC=CC(O)CC=CCCC(=O)OC(COC=CCC=CCCCCCCCCCCCCC)COP(=O)(O)OCCN. The van der Waals surface area contributed by atoms with Gasteiger partial charge in [0.05, 0.1) is 25.6 Å². The van der Waals surface area contributed by atoms with Gasteiger partial charge in [0.1, 0.15) is 6.61 Å². The lowest BCUT2D eigenvalue weighted by atomic mass is 10.1. The first-order chi connectivity index (χ1) is 26.8. The van der Waals surface area contributed by atoms with Gasteiger partial charge in [0.15, 0.2) is 6.10 Å². The molecule has 314 valence electrons. The maximum Gasteiger partial charge on any atom is 0.472 e. The lowest BCUT2D eigenvalue weighted by Gasteiger charge is -2.19. The summed E-state index contributed by atoms with van der Waals surface area (Å²) in [5.41, 5.74) is 5.34. The maximum absolute atomic E-state index is 12.5. The van der Waals surface area contributed by atoms with Crippen molar-refractivity contribution in [2.75, 3.05) is 26.4 Å². The number of carbonyl (C=O) groups is 1. The van der Waals surface area contributed by atoms with Gasteiger partial charge >= 0.3 is 13.8 Å². The number of aliphatic hydroxyl groups excluding tert-OH is 1. The van der Waals surface area contributed by atoms with Gasteiger partial charge in [-0.25, -0.2) is 4.57 Å². The molecule has 0 aromatic carbocycles. The predicted molar refractivity (Wildman–Crippen MR) is 229 cm³/mol. The minimum atomic E-state index is -4.35. The van der Waals surface area contributed by atoms with Crippen LogP contribution in [-0.2, 0) is 27.9 Å². The molecule has 0 amide bonds. The highest BCUT2D eigenvalue weighted by molar-refractivity contribution is 7.47. The molecule has 0 aliphatic rings. The van der Waals surface area contributed by atoms with E-state index >= 15 is 0 Å². The molecule has 0 saturated heterocycles. The summed E-state index contributed by atoms with van der Waals surface area (Å²) >= 11 is 0. The average Bonchev–Trinajstić information content (AvgIpc) is 3.17. The fraction of sp³-hybridized carbons (Fsp3) is 0.622. The molecule has 0 spiro atoms. The molecule has 10 heteroatoms. The van der Waals surface area contributed by atoms with Gasteiger partial charge in [0.2, 0.25) is 0 Å². The van der Waals surface area contributed by atoms with Crippen molar-refractivity contribution in [1.29, 1.82) is 0 Å². The smallest absolute Gasteiger partial charge is 0.472 e. The molecule has 3 atom stereocenters. The van der Waals surface area contributed by atoms with Gasteiger partial charge in [-0.05, 0) is 63.9 Å². The van der Waals surface area contributed by atoms with Gasteiger partial charge in [0.25, 0.3) is 0 Å². The van der Waals surface area contributed by atoms with Crippen molar-refractivity contribution in [3.05, 3.63) is 97.4 Å². The number of hydrogen-bond acceptors (Lipinski definition) is 8. The third kappa shape index (κ3) is 40.7. The van der Waals surface area contributed by atoms with Crippen LogP contribution in [0.4, 0.5) is 0 Å². The second-order valence-electron chi connectivity index (χ2n) is 13.4. The molecule has 0 aromatic heterocycles. The number of ether oxygens (including phenoxy) is 2. The van der Waals surface area contributed by atoms with E-state index in [-0.39, 0.29) is 32.8 Å². The summed E-state index contributed by atoms with van der Waals surface area (Å²) in [5.74, 6) is -0.508. The summed E-state index contributed by atoms with van der Waals surface area (Å²) in [4.78, 5) is 22.4. The Bertz CT molecular complexity index is 1170. The molecule has 0 bridgehead atoms. The van der Waals surface area contributed by atoms with Crippen LogP contribution in [0.5, 0.6) is 0 Å². The van der Waals surface area contributed by atoms with Crippen molar-refractivity contribution in [3.8, 4) is 0 Å². The summed E-state index contributed by atoms with van der Waals surface area (Å²) in [6.07, 6.45) is 51.3. The molecule has 0 aliphatic carbocycles. The Morgan fingerprint density at radius 2 is 1.25 bits per heavy atom. The molecular weight excluding hydrogens is 713 g/mol. The Labute approximate surface area is 334 Å². The molecule has 9 nitrogen and oxygen atoms in total. The fourth-order valence-corrected chi connectivity index (χ4v) is 5.88. The van der Waals surface area contributed by atoms with Gasteiger partial charge in [0, 0.05) is 13.0 Å². The number of nitrogens with two attached hydrogens (primary N) is 1. The zero-order valence-corrected chi connectivity index (χ0v) is 35.1. The number of allylic oxidation sites excluding steroid dienone is 13. The molecule has 0 rings (SSSR count). The Hall–Kier alpha value is -2.78. The van der Waals surface area contributed by atoms with Crippen LogP contribution >= 0.6 is 7.82 Å². The van der Waals surface area contributed by atoms with Gasteiger partial charge in [-0.3, -0.25) is 13.8 Å². The van der Waals surface area contributed by atoms with Crippen molar-refractivity contribution < 1.29 is 37.9 Å². The standard InChI is InChI=1S/C45H76NO8P/c1-3-5-7-9-11-13-15-17-18-19-21-23-25-27-29-34-39-51-41-44(42-53-55(49,50)52-40-38-46)54-45(48)37-33-30-32-36-43(47)35-31-28-26-24-22-20-16-14-12-10-8-6-4-2/h6,8,12,14,20,22,25-28,30-32,34-35,39,43-44,47H,3-5,7,9-11,13,15-19,21,23-24,29,33,36-38,40-42,46H2,1-2H3,(H,49,50). The van der Waals surface area contributed by atoms with E-state index < -0.39 is 26.0 Å². The number of phosphoric ester groups is 1. The van der Waals surface area contributed by atoms with Crippen LogP contribution in [0.15, 0.2) is 97.4 Å². The number of aliphatic hydroxyl groups is 1. The number of rotatable bonds is 38. The van der Waals surface area contributed by atoms with Crippen LogP contribution in [0.3, 0.4) is 0 Å². The van der Waals surface area contributed by atoms with Crippen molar-refractivity contribution in [2.24, 2.45) is 5.73 Å². The molecule has 55 heavy (non-hydrogen) atoms. The summed E-state index contributed by atoms with van der Waals surface area (Å²) in [5, 5.41) is 10.2. The molecule has 0 heterocycles. The summed E-state index contributed by atoms with van der Waals surface area (Å²) in [7, 11) is -4.35. The first-order valence-electron chi connectivity index (χ1n) is 20.9. The van der Waals surface area contributed by atoms with Crippen LogP contribution in [0.25, 0.3) is 0 Å². The van der Waals surface area contributed by atoms with Crippen LogP contribution in [-0.4, -0.2) is 54.5 Å². The number of esters is 1. The van der Waals surface area contributed by atoms with E-state index in [1.165, 1.54) is 76.9 Å².